The third-order valence-electron chi connectivity index (χ3n) is 3.20. The van der Waals surface area contributed by atoms with E-state index in [-0.39, 0.29) is 0 Å². The number of hydrogen-bond donors (Lipinski definition) is 1. The van der Waals surface area contributed by atoms with Gasteiger partial charge in [-0.1, -0.05) is 20.3 Å². The van der Waals surface area contributed by atoms with Gasteiger partial charge in [0.1, 0.15) is 0 Å². The maximum Gasteiger partial charge on any atom is 0.0569 e. The van der Waals surface area contributed by atoms with Gasteiger partial charge in [0.05, 0.1) is 6.10 Å². The van der Waals surface area contributed by atoms with Gasteiger partial charge in [0.25, 0.3) is 0 Å². The van der Waals surface area contributed by atoms with Gasteiger partial charge in [-0.05, 0) is 38.6 Å². The van der Waals surface area contributed by atoms with Gasteiger partial charge in [-0.3, -0.25) is 0 Å². The minimum Gasteiger partial charge on any atom is -0.378 e. The van der Waals surface area contributed by atoms with Crippen LogP contribution in [0.5, 0.6) is 0 Å². The zero-order chi connectivity index (χ0) is 10.4. The average molecular weight is 199 g/mol. The van der Waals surface area contributed by atoms with E-state index in [0.717, 1.165) is 6.61 Å². The molecule has 84 valence electrons. The van der Waals surface area contributed by atoms with Crippen molar-refractivity contribution < 1.29 is 4.74 Å². The molecule has 0 aromatic heterocycles. The van der Waals surface area contributed by atoms with Gasteiger partial charge in [-0.25, -0.2) is 0 Å². The first-order valence-electron chi connectivity index (χ1n) is 6.05. The molecule has 0 amide bonds. The molecule has 0 aromatic carbocycles. The van der Waals surface area contributed by atoms with Crippen LogP contribution in [0.4, 0.5) is 0 Å². The number of rotatable bonds is 5. The average Bonchev–Trinajstić information content (AvgIpc) is 2.19. The van der Waals surface area contributed by atoms with E-state index in [1.165, 1.54) is 32.2 Å². The minimum atomic E-state index is 0.401. The van der Waals surface area contributed by atoms with Gasteiger partial charge in [-0.2, -0.15) is 0 Å². The van der Waals surface area contributed by atoms with Crippen molar-refractivity contribution in [1.29, 1.82) is 0 Å². The van der Waals surface area contributed by atoms with E-state index in [4.69, 9.17) is 4.74 Å². The van der Waals surface area contributed by atoms with Crippen molar-refractivity contribution in [2.75, 3.05) is 13.2 Å². The summed E-state index contributed by atoms with van der Waals surface area (Å²) in [6.07, 6.45) is 5.65. The number of piperidine rings is 1. The van der Waals surface area contributed by atoms with Crippen molar-refractivity contribution >= 4 is 0 Å². The zero-order valence-corrected chi connectivity index (χ0v) is 9.88. The first-order chi connectivity index (χ1) is 6.70. The van der Waals surface area contributed by atoms with Crippen LogP contribution in [0.25, 0.3) is 0 Å². The molecule has 0 bridgehead atoms. The third kappa shape index (κ3) is 4.43. The van der Waals surface area contributed by atoms with Crippen LogP contribution in [0.3, 0.4) is 0 Å². The minimum absolute atomic E-state index is 0.401. The van der Waals surface area contributed by atoms with Gasteiger partial charge in [0, 0.05) is 12.6 Å². The lowest BCUT2D eigenvalue weighted by Crippen LogP contribution is -2.35. The lowest BCUT2D eigenvalue weighted by Gasteiger charge is -2.24. The summed E-state index contributed by atoms with van der Waals surface area (Å²) in [5.41, 5.74) is 0. The molecule has 1 N–H and O–H groups in total. The molecule has 2 unspecified atom stereocenters. The first-order valence-corrected chi connectivity index (χ1v) is 6.05. The van der Waals surface area contributed by atoms with Gasteiger partial charge in [0.15, 0.2) is 0 Å². The quantitative estimate of drug-likeness (QED) is 0.735. The number of ether oxygens (including phenoxy) is 1. The van der Waals surface area contributed by atoms with E-state index in [1.807, 2.05) is 0 Å². The molecule has 1 aliphatic heterocycles. The Balaban J connectivity index is 2.02. The van der Waals surface area contributed by atoms with E-state index >= 15 is 0 Å². The van der Waals surface area contributed by atoms with Gasteiger partial charge in [0.2, 0.25) is 0 Å². The fourth-order valence-corrected chi connectivity index (χ4v) is 1.76. The van der Waals surface area contributed by atoms with E-state index in [2.05, 4.69) is 26.1 Å². The maximum atomic E-state index is 5.77. The molecule has 14 heavy (non-hydrogen) atoms. The van der Waals surface area contributed by atoms with Crippen molar-refractivity contribution in [1.82, 2.24) is 5.32 Å². The molecule has 0 spiro atoms. The second-order valence-electron chi connectivity index (χ2n) is 4.76. The monoisotopic (exact) mass is 199 g/mol. The molecule has 0 radical (unpaired) electrons. The Morgan fingerprint density at radius 3 is 2.64 bits per heavy atom. The topological polar surface area (TPSA) is 21.3 Å². The first kappa shape index (κ1) is 12.0. The Morgan fingerprint density at radius 1 is 1.29 bits per heavy atom. The van der Waals surface area contributed by atoms with Gasteiger partial charge in [-0.15, -0.1) is 0 Å². The van der Waals surface area contributed by atoms with Crippen LogP contribution in [-0.2, 0) is 4.74 Å². The van der Waals surface area contributed by atoms with Crippen molar-refractivity contribution in [3.05, 3.63) is 0 Å². The molecule has 2 atom stereocenters. The molecule has 1 rings (SSSR count). The van der Waals surface area contributed by atoms with Crippen molar-refractivity contribution in [2.45, 2.75) is 58.6 Å². The predicted octanol–water partition coefficient (Wildman–Crippen LogP) is 2.58. The Kier molecular flexibility index (Phi) is 5.49. The van der Waals surface area contributed by atoms with Crippen molar-refractivity contribution in [3.63, 3.8) is 0 Å². The van der Waals surface area contributed by atoms with Gasteiger partial charge >= 0.3 is 0 Å². The zero-order valence-electron chi connectivity index (χ0n) is 9.88. The van der Waals surface area contributed by atoms with E-state index in [1.54, 1.807) is 0 Å². The lowest BCUT2D eigenvalue weighted by atomic mass is 10.0. The van der Waals surface area contributed by atoms with E-state index < -0.39 is 0 Å². The summed E-state index contributed by atoms with van der Waals surface area (Å²) in [4.78, 5) is 0. The second-order valence-corrected chi connectivity index (χ2v) is 4.76. The molecule has 2 heteroatoms. The molecular formula is C12H25NO. The Morgan fingerprint density at radius 2 is 2.07 bits per heavy atom. The maximum absolute atomic E-state index is 5.77. The summed E-state index contributed by atoms with van der Waals surface area (Å²) in [5, 5.41) is 3.54. The largest absolute Gasteiger partial charge is 0.378 e. The van der Waals surface area contributed by atoms with Crippen LogP contribution in [0, 0.1) is 5.92 Å². The fraction of sp³-hybridized carbons (Fsp3) is 1.00. The number of nitrogens with one attached hydrogen (secondary N) is 1. The summed E-state index contributed by atoms with van der Waals surface area (Å²) in [6.45, 7) is 8.70. The molecular weight excluding hydrogens is 174 g/mol. The normalized spacial score (nSPS) is 25.3. The molecule has 1 aliphatic rings. The summed E-state index contributed by atoms with van der Waals surface area (Å²) in [6, 6.07) is 0.711. The SMILES string of the molecule is CC(C)C(C)OCCC1CCCCN1. The van der Waals surface area contributed by atoms with Crippen LogP contribution >= 0.6 is 0 Å². The van der Waals surface area contributed by atoms with Crippen molar-refractivity contribution in [2.24, 2.45) is 5.92 Å². The molecule has 0 aliphatic carbocycles. The summed E-state index contributed by atoms with van der Waals surface area (Å²) >= 11 is 0. The molecule has 0 aromatic rings. The predicted molar refractivity (Wildman–Crippen MR) is 60.5 cm³/mol. The highest BCUT2D eigenvalue weighted by Gasteiger charge is 2.13. The van der Waals surface area contributed by atoms with Gasteiger partial charge < -0.3 is 10.1 Å². The standard InChI is InChI=1S/C12H25NO/c1-10(2)11(3)14-9-7-12-6-4-5-8-13-12/h10-13H,4-9H2,1-3H3. The van der Waals surface area contributed by atoms with Crippen LogP contribution in [-0.4, -0.2) is 25.3 Å². The van der Waals surface area contributed by atoms with Crippen LogP contribution < -0.4 is 5.32 Å². The molecule has 1 fully saturated rings. The summed E-state index contributed by atoms with van der Waals surface area (Å²) in [5.74, 6) is 0.634. The lowest BCUT2D eigenvalue weighted by molar-refractivity contribution is 0.0290. The second kappa shape index (κ2) is 6.41. The highest BCUT2D eigenvalue weighted by Crippen LogP contribution is 2.11. The van der Waals surface area contributed by atoms with Crippen LogP contribution in [0.2, 0.25) is 0 Å². The highest BCUT2D eigenvalue weighted by atomic mass is 16.5. The van der Waals surface area contributed by atoms with Crippen molar-refractivity contribution in [3.8, 4) is 0 Å². The Bertz CT molecular complexity index is 141. The summed E-state index contributed by atoms with van der Waals surface area (Å²) in [7, 11) is 0. The third-order valence-corrected chi connectivity index (χ3v) is 3.20. The Labute approximate surface area is 88.4 Å². The molecule has 1 saturated heterocycles. The molecule has 2 nitrogen and oxygen atoms in total. The highest BCUT2D eigenvalue weighted by molar-refractivity contribution is 4.71. The Hall–Kier alpha value is -0.0800. The molecule has 1 heterocycles. The molecule has 0 saturated carbocycles. The van der Waals surface area contributed by atoms with Crippen LogP contribution in [0.1, 0.15) is 46.5 Å². The summed E-state index contributed by atoms with van der Waals surface area (Å²) < 4.78 is 5.77. The van der Waals surface area contributed by atoms with E-state index in [0.29, 0.717) is 18.1 Å². The number of hydrogen-bond acceptors (Lipinski definition) is 2. The van der Waals surface area contributed by atoms with Crippen LogP contribution in [0.15, 0.2) is 0 Å². The van der Waals surface area contributed by atoms with E-state index in [9.17, 15) is 0 Å². The fourth-order valence-electron chi connectivity index (χ4n) is 1.76. The smallest absolute Gasteiger partial charge is 0.0569 e.